The van der Waals surface area contributed by atoms with Gasteiger partial charge in [0.05, 0.1) is 12.0 Å². The Labute approximate surface area is 218 Å². The van der Waals surface area contributed by atoms with E-state index in [1.165, 1.54) is 6.07 Å². The zero-order chi connectivity index (χ0) is 27.4. The van der Waals surface area contributed by atoms with Crippen molar-refractivity contribution in [1.29, 1.82) is 0 Å². The number of carbonyl (C=O) groups is 3. The zero-order valence-electron chi connectivity index (χ0n) is 22.1. The number of unbranched alkanes of at least 4 members (excludes halogenated alkanes) is 3. The predicted molar refractivity (Wildman–Crippen MR) is 139 cm³/mol. The van der Waals surface area contributed by atoms with Crippen LogP contribution in [0.5, 0.6) is 0 Å². The summed E-state index contributed by atoms with van der Waals surface area (Å²) in [6, 6.07) is 10.7. The molecule has 2 atom stereocenters. The molecule has 0 aliphatic carbocycles. The monoisotopic (exact) mass is 516 g/mol. The van der Waals surface area contributed by atoms with Crippen molar-refractivity contribution in [1.82, 2.24) is 10.6 Å². The van der Waals surface area contributed by atoms with Gasteiger partial charge in [0.2, 0.25) is 5.91 Å². The van der Waals surface area contributed by atoms with E-state index in [-0.39, 0.29) is 18.6 Å². The standard InChI is InChI=1S/C29H38F2N2O4/c1-5-7-8-12-15-25(33-26(34)21-16-17-22(30)23(31)19-21)29(3,4)28(36)32-24(27(35)37-6-2)18-20-13-10-9-11-14-20/h9-11,13-14,16-17,19,24-25H,5-8,12,15,18H2,1-4H3,(H,32,36)(H,33,34)/t24-,25?/m0/s1. The van der Waals surface area contributed by atoms with Crippen molar-refractivity contribution in [2.45, 2.75) is 78.3 Å². The van der Waals surface area contributed by atoms with E-state index in [1.807, 2.05) is 30.3 Å². The first-order valence-electron chi connectivity index (χ1n) is 12.9. The average Bonchev–Trinajstić information content (AvgIpc) is 2.87. The second-order valence-corrected chi connectivity index (χ2v) is 9.69. The third-order valence-corrected chi connectivity index (χ3v) is 6.45. The second-order valence-electron chi connectivity index (χ2n) is 9.69. The number of ether oxygens (including phenoxy) is 1. The quantitative estimate of drug-likeness (QED) is 0.262. The first kappa shape index (κ1) is 29.9. The van der Waals surface area contributed by atoms with Gasteiger partial charge in [0.15, 0.2) is 11.6 Å². The molecule has 37 heavy (non-hydrogen) atoms. The molecule has 0 aromatic heterocycles. The van der Waals surface area contributed by atoms with Crippen LogP contribution in [0.2, 0.25) is 0 Å². The fourth-order valence-electron chi connectivity index (χ4n) is 4.06. The molecule has 2 aromatic carbocycles. The molecule has 1 unspecified atom stereocenters. The number of esters is 1. The fourth-order valence-corrected chi connectivity index (χ4v) is 4.06. The number of hydrogen-bond donors (Lipinski definition) is 2. The molecule has 6 nitrogen and oxygen atoms in total. The molecule has 2 aromatic rings. The van der Waals surface area contributed by atoms with Gasteiger partial charge in [-0.25, -0.2) is 13.6 Å². The minimum absolute atomic E-state index is 0.0397. The Kier molecular flexibility index (Phi) is 11.7. The van der Waals surface area contributed by atoms with Gasteiger partial charge < -0.3 is 15.4 Å². The number of amides is 2. The van der Waals surface area contributed by atoms with E-state index in [0.29, 0.717) is 6.42 Å². The first-order valence-corrected chi connectivity index (χ1v) is 12.9. The van der Waals surface area contributed by atoms with Crippen LogP contribution in [0.3, 0.4) is 0 Å². The van der Waals surface area contributed by atoms with Gasteiger partial charge in [-0.05, 0) is 51.0 Å². The highest BCUT2D eigenvalue weighted by Crippen LogP contribution is 2.27. The molecule has 0 saturated heterocycles. The first-order chi connectivity index (χ1) is 17.6. The molecule has 0 spiro atoms. The van der Waals surface area contributed by atoms with Crippen molar-refractivity contribution in [3.63, 3.8) is 0 Å². The average molecular weight is 517 g/mol. The third-order valence-electron chi connectivity index (χ3n) is 6.45. The van der Waals surface area contributed by atoms with E-state index < -0.39 is 46.9 Å². The smallest absolute Gasteiger partial charge is 0.328 e. The van der Waals surface area contributed by atoms with Gasteiger partial charge in [-0.3, -0.25) is 9.59 Å². The fraction of sp³-hybridized carbons (Fsp3) is 0.483. The maximum Gasteiger partial charge on any atom is 0.328 e. The molecule has 0 bridgehead atoms. The van der Waals surface area contributed by atoms with E-state index in [1.54, 1.807) is 20.8 Å². The van der Waals surface area contributed by atoms with Crippen molar-refractivity contribution in [2.75, 3.05) is 6.61 Å². The highest BCUT2D eigenvalue weighted by atomic mass is 19.2. The lowest BCUT2D eigenvalue weighted by atomic mass is 9.80. The minimum Gasteiger partial charge on any atom is -0.464 e. The molecule has 2 amide bonds. The molecule has 2 N–H and O–H groups in total. The molecule has 0 heterocycles. The van der Waals surface area contributed by atoms with E-state index in [9.17, 15) is 23.2 Å². The number of rotatable bonds is 14. The summed E-state index contributed by atoms with van der Waals surface area (Å²) in [5.41, 5.74) is -0.300. The van der Waals surface area contributed by atoms with Gasteiger partial charge in [0, 0.05) is 18.0 Å². The van der Waals surface area contributed by atoms with Gasteiger partial charge >= 0.3 is 5.97 Å². The van der Waals surface area contributed by atoms with Crippen LogP contribution in [0.1, 0.15) is 75.7 Å². The second kappa shape index (κ2) is 14.4. The van der Waals surface area contributed by atoms with E-state index >= 15 is 0 Å². The van der Waals surface area contributed by atoms with Crippen molar-refractivity contribution >= 4 is 17.8 Å². The largest absolute Gasteiger partial charge is 0.464 e. The molecule has 8 heteroatoms. The van der Waals surface area contributed by atoms with Crippen LogP contribution in [-0.2, 0) is 20.7 Å². The normalized spacial score (nSPS) is 12.9. The van der Waals surface area contributed by atoms with Gasteiger partial charge in [-0.15, -0.1) is 0 Å². The SMILES string of the molecule is CCCCCCC(NC(=O)c1ccc(F)c(F)c1)C(C)(C)C(=O)N[C@@H](Cc1ccccc1)C(=O)OCC. The Hall–Kier alpha value is -3.29. The van der Waals surface area contributed by atoms with Crippen LogP contribution in [0.15, 0.2) is 48.5 Å². The molecule has 0 radical (unpaired) electrons. The maximum absolute atomic E-state index is 13.7. The lowest BCUT2D eigenvalue weighted by Gasteiger charge is -2.35. The number of nitrogens with one attached hydrogen (secondary N) is 2. The van der Waals surface area contributed by atoms with Gasteiger partial charge in [-0.1, -0.05) is 62.9 Å². The van der Waals surface area contributed by atoms with E-state index in [4.69, 9.17) is 4.74 Å². The molecule has 0 aliphatic heterocycles. The van der Waals surface area contributed by atoms with Crippen LogP contribution in [0.4, 0.5) is 8.78 Å². The van der Waals surface area contributed by atoms with Crippen LogP contribution in [0, 0.1) is 17.0 Å². The van der Waals surface area contributed by atoms with Crippen molar-refractivity contribution in [2.24, 2.45) is 5.41 Å². The Balaban J connectivity index is 2.25. The van der Waals surface area contributed by atoms with Crippen molar-refractivity contribution in [3.8, 4) is 0 Å². The summed E-state index contributed by atoms with van der Waals surface area (Å²) >= 11 is 0. The highest BCUT2D eigenvalue weighted by Gasteiger charge is 2.39. The van der Waals surface area contributed by atoms with Crippen LogP contribution in [-0.4, -0.2) is 36.5 Å². The van der Waals surface area contributed by atoms with Crippen molar-refractivity contribution in [3.05, 3.63) is 71.3 Å². The summed E-state index contributed by atoms with van der Waals surface area (Å²) in [4.78, 5) is 39.1. The molecule has 0 aliphatic rings. The highest BCUT2D eigenvalue weighted by molar-refractivity contribution is 5.95. The number of halogens is 2. The number of carbonyl (C=O) groups excluding carboxylic acids is 3. The summed E-state index contributed by atoms with van der Waals surface area (Å²) in [5.74, 6) is -3.74. The number of hydrogen-bond acceptors (Lipinski definition) is 4. The summed E-state index contributed by atoms with van der Waals surface area (Å²) in [7, 11) is 0. The summed E-state index contributed by atoms with van der Waals surface area (Å²) in [6.07, 6.45) is 4.47. The molecule has 0 saturated carbocycles. The Morgan fingerprint density at radius 2 is 1.62 bits per heavy atom. The van der Waals surface area contributed by atoms with Gasteiger partial charge in [0.25, 0.3) is 5.91 Å². The molecular weight excluding hydrogens is 478 g/mol. The van der Waals surface area contributed by atoms with E-state index in [2.05, 4.69) is 17.6 Å². The lowest BCUT2D eigenvalue weighted by molar-refractivity contribution is -0.148. The third kappa shape index (κ3) is 8.95. The Morgan fingerprint density at radius 3 is 2.24 bits per heavy atom. The summed E-state index contributed by atoms with van der Waals surface area (Å²) in [5, 5.41) is 5.68. The van der Waals surface area contributed by atoms with Crippen molar-refractivity contribution < 1.29 is 27.9 Å². The Morgan fingerprint density at radius 1 is 0.919 bits per heavy atom. The van der Waals surface area contributed by atoms with Gasteiger partial charge in [0.1, 0.15) is 6.04 Å². The number of benzene rings is 2. The molecule has 2 rings (SSSR count). The minimum atomic E-state index is -1.12. The lowest BCUT2D eigenvalue weighted by Crippen LogP contribution is -2.56. The van der Waals surface area contributed by atoms with Crippen LogP contribution < -0.4 is 10.6 Å². The topological polar surface area (TPSA) is 84.5 Å². The van der Waals surface area contributed by atoms with E-state index in [0.717, 1.165) is 43.4 Å². The molecule has 202 valence electrons. The van der Waals surface area contributed by atoms with Crippen LogP contribution >= 0.6 is 0 Å². The zero-order valence-corrected chi connectivity index (χ0v) is 22.1. The van der Waals surface area contributed by atoms with Crippen LogP contribution in [0.25, 0.3) is 0 Å². The predicted octanol–water partition coefficient (Wildman–Crippen LogP) is 5.35. The van der Waals surface area contributed by atoms with Gasteiger partial charge in [-0.2, -0.15) is 0 Å². The molecule has 0 fully saturated rings. The molecular formula is C29H38F2N2O4. The Bertz CT molecular complexity index is 1040. The maximum atomic E-state index is 13.7. The summed E-state index contributed by atoms with van der Waals surface area (Å²) < 4.78 is 32.3. The summed E-state index contributed by atoms with van der Waals surface area (Å²) in [6.45, 7) is 7.35.